The van der Waals surface area contributed by atoms with Crippen molar-refractivity contribution < 1.29 is 18.3 Å². The van der Waals surface area contributed by atoms with Gasteiger partial charge >= 0.3 is 0 Å². The second-order valence-corrected chi connectivity index (χ2v) is 8.84. The summed E-state index contributed by atoms with van der Waals surface area (Å²) in [6.45, 7) is 1.89. The fourth-order valence-electron chi connectivity index (χ4n) is 2.43. The van der Waals surface area contributed by atoms with Gasteiger partial charge in [0.25, 0.3) is 15.9 Å². The summed E-state index contributed by atoms with van der Waals surface area (Å²) in [5, 5.41) is 13.4. The fraction of sp³-hybridized carbons (Fsp3) is 0.105. The predicted octanol–water partition coefficient (Wildman–Crippen LogP) is 3.84. The summed E-state index contributed by atoms with van der Waals surface area (Å²) < 4.78 is 26.9. The van der Waals surface area contributed by atoms with Crippen LogP contribution in [-0.2, 0) is 10.0 Å². The number of anilines is 2. The molecule has 3 rings (SSSR count). The number of carbonyl (C=O) groups excluding carboxylic acids is 1. The van der Waals surface area contributed by atoms with Crippen molar-refractivity contribution in [1.82, 2.24) is 0 Å². The first-order chi connectivity index (χ1) is 12.8. The number of aryl methyl sites for hydroxylation is 1. The molecule has 0 spiro atoms. The van der Waals surface area contributed by atoms with Crippen LogP contribution < -0.4 is 9.62 Å². The molecule has 8 heteroatoms. The van der Waals surface area contributed by atoms with Gasteiger partial charge in [0.2, 0.25) is 0 Å². The summed E-state index contributed by atoms with van der Waals surface area (Å²) in [5.74, 6) is -0.318. The molecule has 140 valence electrons. The van der Waals surface area contributed by atoms with Crippen molar-refractivity contribution in [1.29, 1.82) is 0 Å². The fourth-order valence-corrected chi connectivity index (χ4v) is 4.78. The highest BCUT2D eigenvalue weighted by atomic mass is 32.2. The lowest BCUT2D eigenvalue weighted by Gasteiger charge is -2.19. The molecule has 0 saturated carbocycles. The van der Waals surface area contributed by atoms with Gasteiger partial charge in [-0.05, 0) is 55.0 Å². The largest absolute Gasteiger partial charge is 0.508 e. The third-order valence-corrected chi connectivity index (χ3v) is 6.79. The van der Waals surface area contributed by atoms with Crippen LogP contribution in [0.1, 0.15) is 15.2 Å². The molecule has 1 amide bonds. The second-order valence-electron chi connectivity index (χ2n) is 5.96. The minimum atomic E-state index is -3.77. The lowest BCUT2D eigenvalue weighted by atomic mass is 10.2. The Morgan fingerprint density at radius 1 is 1.11 bits per heavy atom. The number of phenolic OH excluding ortho intramolecular Hbond substituents is 1. The second kappa shape index (κ2) is 7.42. The first kappa shape index (κ1) is 18.9. The predicted molar refractivity (Wildman–Crippen MR) is 107 cm³/mol. The molecule has 6 nitrogen and oxygen atoms in total. The molecule has 27 heavy (non-hydrogen) atoms. The molecule has 1 heterocycles. The topological polar surface area (TPSA) is 86.7 Å². The average Bonchev–Trinajstić information content (AvgIpc) is 3.14. The van der Waals surface area contributed by atoms with Crippen LogP contribution in [0.15, 0.2) is 64.9 Å². The van der Waals surface area contributed by atoms with Crippen LogP contribution in [-0.4, -0.2) is 26.5 Å². The molecule has 0 unspecified atom stereocenters. The van der Waals surface area contributed by atoms with Gasteiger partial charge in [-0.1, -0.05) is 12.1 Å². The lowest BCUT2D eigenvalue weighted by molar-refractivity contribution is 0.103. The number of benzene rings is 2. The van der Waals surface area contributed by atoms with Crippen LogP contribution in [0.2, 0.25) is 0 Å². The molecular formula is C19H18N2O4S2. The van der Waals surface area contributed by atoms with Gasteiger partial charge in [-0.15, -0.1) is 11.3 Å². The molecule has 0 radical (unpaired) electrons. The molecule has 0 aliphatic rings. The van der Waals surface area contributed by atoms with Crippen molar-refractivity contribution in [3.63, 3.8) is 0 Å². The van der Waals surface area contributed by atoms with E-state index in [4.69, 9.17) is 0 Å². The van der Waals surface area contributed by atoms with Gasteiger partial charge in [-0.3, -0.25) is 9.10 Å². The van der Waals surface area contributed by atoms with E-state index in [1.165, 1.54) is 34.9 Å². The van der Waals surface area contributed by atoms with E-state index < -0.39 is 15.9 Å². The highest BCUT2D eigenvalue weighted by Gasteiger charge is 2.24. The van der Waals surface area contributed by atoms with Gasteiger partial charge in [0, 0.05) is 18.1 Å². The number of nitrogens with zero attached hydrogens (tertiary/aromatic N) is 1. The van der Waals surface area contributed by atoms with E-state index in [0.717, 1.165) is 16.9 Å². The van der Waals surface area contributed by atoms with E-state index in [9.17, 15) is 18.3 Å². The van der Waals surface area contributed by atoms with Gasteiger partial charge < -0.3 is 10.4 Å². The lowest BCUT2D eigenvalue weighted by Crippen LogP contribution is -2.26. The number of aromatic hydroxyl groups is 1. The number of phenols is 1. The number of rotatable bonds is 5. The standard InChI is InChI=1S/C19H18N2O4S2/c1-13-4-3-5-15(10-13)21(2)27(24,25)17-11-18(26-12-17)19(23)20-14-6-8-16(22)9-7-14/h3-12,22H,1-2H3,(H,20,23). The van der Waals surface area contributed by atoms with Crippen LogP contribution >= 0.6 is 11.3 Å². The number of hydrogen-bond donors (Lipinski definition) is 2. The van der Waals surface area contributed by atoms with Gasteiger partial charge in [0.1, 0.15) is 5.75 Å². The van der Waals surface area contributed by atoms with Crippen LogP contribution in [0.5, 0.6) is 5.75 Å². The smallest absolute Gasteiger partial charge is 0.265 e. The van der Waals surface area contributed by atoms with Crippen LogP contribution in [0, 0.1) is 6.92 Å². The summed E-state index contributed by atoms with van der Waals surface area (Å²) in [5.41, 5.74) is 2.01. The zero-order valence-corrected chi connectivity index (χ0v) is 16.3. The Hall–Kier alpha value is -2.84. The Morgan fingerprint density at radius 3 is 2.48 bits per heavy atom. The average molecular weight is 402 g/mol. The van der Waals surface area contributed by atoms with Crippen LogP contribution in [0.25, 0.3) is 0 Å². The minimum absolute atomic E-state index is 0.0624. The van der Waals surface area contributed by atoms with Gasteiger partial charge in [0.05, 0.1) is 15.5 Å². The van der Waals surface area contributed by atoms with E-state index in [0.29, 0.717) is 11.4 Å². The Bertz CT molecular complexity index is 1070. The zero-order valence-electron chi connectivity index (χ0n) is 14.7. The maximum absolute atomic E-state index is 12.8. The molecule has 0 atom stereocenters. The number of thiophene rings is 1. The molecule has 2 N–H and O–H groups in total. The van der Waals surface area contributed by atoms with E-state index in [1.54, 1.807) is 30.3 Å². The summed E-state index contributed by atoms with van der Waals surface area (Å²) in [4.78, 5) is 12.7. The van der Waals surface area contributed by atoms with Crippen molar-refractivity contribution in [2.75, 3.05) is 16.7 Å². The van der Waals surface area contributed by atoms with Crippen molar-refractivity contribution >= 4 is 38.6 Å². The summed E-state index contributed by atoms with van der Waals surface area (Å²) in [6.07, 6.45) is 0. The molecule has 0 bridgehead atoms. The van der Waals surface area contributed by atoms with E-state index in [1.807, 2.05) is 13.0 Å². The monoisotopic (exact) mass is 402 g/mol. The first-order valence-corrected chi connectivity index (χ1v) is 10.3. The molecule has 0 aliphatic heterocycles. The van der Waals surface area contributed by atoms with Crippen molar-refractivity contribution in [3.8, 4) is 5.75 Å². The molecule has 1 aromatic heterocycles. The SMILES string of the molecule is Cc1cccc(N(C)S(=O)(=O)c2csc(C(=O)Nc3ccc(O)cc3)c2)c1. The number of amides is 1. The van der Waals surface area contributed by atoms with Crippen molar-refractivity contribution in [2.24, 2.45) is 0 Å². The van der Waals surface area contributed by atoms with Crippen LogP contribution in [0.4, 0.5) is 11.4 Å². The normalized spacial score (nSPS) is 11.2. The Kier molecular flexibility index (Phi) is 5.20. The molecule has 2 aromatic carbocycles. The highest BCUT2D eigenvalue weighted by molar-refractivity contribution is 7.93. The van der Waals surface area contributed by atoms with Crippen molar-refractivity contribution in [3.05, 3.63) is 70.4 Å². The number of hydrogen-bond acceptors (Lipinski definition) is 5. The van der Waals surface area contributed by atoms with Gasteiger partial charge in [-0.2, -0.15) is 0 Å². The minimum Gasteiger partial charge on any atom is -0.508 e. The van der Waals surface area contributed by atoms with Crippen LogP contribution in [0.3, 0.4) is 0 Å². The molecule has 0 saturated heterocycles. The van der Waals surface area contributed by atoms with E-state index >= 15 is 0 Å². The Labute approximate surface area is 161 Å². The summed E-state index contributed by atoms with van der Waals surface area (Å²) >= 11 is 1.06. The zero-order chi connectivity index (χ0) is 19.6. The summed E-state index contributed by atoms with van der Waals surface area (Å²) in [6, 6.07) is 14.6. The maximum atomic E-state index is 12.8. The Balaban J connectivity index is 1.81. The van der Waals surface area contributed by atoms with Gasteiger partial charge in [-0.25, -0.2) is 8.42 Å². The molecule has 3 aromatic rings. The first-order valence-electron chi connectivity index (χ1n) is 8.02. The highest BCUT2D eigenvalue weighted by Crippen LogP contribution is 2.27. The maximum Gasteiger partial charge on any atom is 0.265 e. The quantitative estimate of drug-likeness (QED) is 0.635. The number of sulfonamides is 1. The third kappa shape index (κ3) is 4.12. The van der Waals surface area contributed by atoms with E-state index in [2.05, 4.69) is 5.32 Å². The Morgan fingerprint density at radius 2 is 1.81 bits per heavy atom. The molecule has 0 aliphatic carbocycles. The molecule has 0 fully saturated rings. The number of nitrogens with one attached hydrogen (secondary N) is 1. The van der Waals surface area contributed by atoms with Gasteiger partial charge in [0.15, 0.2) is 0 Å². The third-order valence-electron chi connectivity index (χ3n) is 3.95. The molecular weight excluding hydrogens is 384 g/mol. The van der Waals surface area contributed by atoms with Crippen molar-refractivity contribution in [2.45, 2.75) is 11.8 Å². The summed E-state index contributed by atoms with van der Waals surface area (Å²) in [7, 11) is -2.29. The van der Waals surface area contributed by atoms with E-state index in [-0.39, 0.29) is 15.5 Å². The number of carbonyl (C=O) groups is 1.